The van der Waals surface area contributed by atoms with Crippen molar-refractivity contribution in [3.8, 4) is 0 Å². The smallest absolute Gasteiger partial charge is 0.321 e. The summed E-state index contributed by atoms with van der Waals surface area (Å²) >= 11 is 0. The number of benzene rings is 1. The van der Waals surface area contributed by atoms with E-state index in [0.29, 0.717) is 12.2 Å². The summed E-state index contributed by atoms with van der Waals surface area (Å²) in [4.78, 5) is 13.7. The van der Waals surface area contributed by atoms with E-state index in [1.807, 2.05) is 0 Å². The minimum Gasteiger partial charge on any atom is -0.327 e. The van der Waals surface area contributed by atoms with Crippen molar-refractivity contribution < 1.29 is 13.2 Å². The van der Waals surface area contributed by atoms with Gasteiger partial charge in [-0.3, -0.25) is 0 Å². The number of hydrogen-bond acceptors (Lipinski definition) is 3. The molecule has 0 aromatic heterocycles. The number of carbonyl (C=O) groups is 1. The molecule has 0 radical (unpaired) electrons. The van der Waals surface area contributed by atoms with Gasteiger partial charge in [0.1, 0.15) is 0 Å². The Morgan fingerprint density at radius 3 is 2.13 bits per heavy atom. The molecule has 23 heavy (non-hydrogen) atoms. The highest BCUT2D eigenvalue weighted by molar-refractivity contribution is 7.91. The second-order valence-corrected chi connectivity index (χ2v) is 9.96. The van der Waals surface area contributed by atoms with Gasteiger partial charge in [0.15, 0.2) is 9.84 Å². The van der Waals surface area contributed by atoms with Crippen LogP contribution in [0.4, 0.5) is 10.5 Å². The van der Waals surface area contributed by atoms with Crippen molar-refractivity contribution in [3.05, 3.63) is 29.8 Å². The van der Waals surface area contributed by atoms with Crippen LogP contribution >= 0.6 is 0 Å². The van der Waals surface area contributed by atoms with Crippen molar-refractivity contribution in [1.82, 2.24) is 4.90 Å². The fourth-order valence-corrected chi connectivity index (χ4v) is 3.08. The quantitative estimate of drug-likeness (QED) is 0.892. The summed E-state index contributed by atoms with van der Waals surface area (Å²) in [6, 6.07) is 6.75. The van der Waals surface area contributed by atoms with Crippen LogP contribution in [0.5, 0.6) is 0 Å². The molecule has 5 nitrogen and oxygen atoms in total. The second-order valence-electron chi connectivity index (χ2n) is 7.40. The van der Waals surface area contributed by atoms with Crippen LogP contribution in [0.3, 0.4) is 0 Å². The van der Waals surface area contributed by atoms with E-state index in [1.54, 1.807) is 50.1 Å². The summed E-state index contributed by atoms with van der Waals surface area (Å²) in [5.41, 5.74) is 1.41. The monoisotopic (exact) mass is 340 g/mol. The number of hydrogen-bond donors (Lipinski definition) is 1. The molecule has 1 aromatic rings. The molecule has 0 fully saturated rings. The SMILES string of the molecule is CC(C)S(=O)(=O)Cc1ccc(NC(=O)N(C)CC(C)(C)C)cc1. The first-order valence-corrected chi connectivity index (χ1v) is 9.45. The molecule has 0 bridgehead atoms. The molecule has 0 aliphatic carbocycles. The molecule has 130 valence electrons. The minimum atomic E-state index is -3.12. The van der Waals surface area contributed by atoms with Gasteiger partial charge in [0.05, 0.1) is 11.0 Å². The van der Waals surface area contributed by atoms with Gasteiger partial charge in [-0.25, -0.2) is 13.2 Å². The van der Waals surface area contributed by atoms with Crippen LogP contribution < -0.4 is 5.32 Å². The third kappa shape index (κ3) is 6.60. The Labute approximate surface area is 140 Å². The van der Waals surface area contributed by atoms with Gasteiger partial charge in [-0.2, -0.15) is 0 Å². The Hall–Kier alpha value is -1.56. The summed E-state index contributed by atoms with van der Waals surface area (Å²) in [5, 5.41) is 2.42. The van der Waals surface area contributed by atoms with Crippen LogP contribution in [0.15, 0.2) is 24.3 Å². The number of sulfone groups is 1. The number of nitrogens with one attached hydrogen (secondary N) is 1. The minimum absolute atomic E-state index is 0.0167. The third-order valence-electron chi connectivity index (χ3n) is 3.35. The Bertz CT molecular complexity index is 629. The molecule has 1 rings (SSSR count). The Morgan fingerprint density at radius 1 is 1.17 bits per heavy atom. The number of urea groups is 1. The van der Waals surface area contributed by atoms with E-state index in [2.05, 4.69) is 26.1 Å². The van der Waals surface area contributed by atoms with Crippen molar-refractivity contribution in [3.63, 3.8) is 0 Å². The van der Waals surface area contributed by atoms with Gasteiger partial charge in [0.25, 0.3) is 0 Å². The number of amides is 2. The molecule has 0 spiro atoms. The van der Waals surface area contributed by atoms with Crippen molar-refractivity contribution in [2.75, 3.05) is 18.9 Å². The van der Waals surface area contributed by atoms with Crippen LogP contribution in [0.1, 0.15) is 40.2 Å². The number of carbonyl (C=O) groups excluding carboxylic acids is 1. The van der Waals surface area contributed by atoms with Crippen LogP contribution in [-0.4, -0.2) is 38.2 Å². The maximum atomic E-state index is 12.1. The lowest BCUT2D eigenvalue weighted by Gasteiger charge is -2.26. The average Bonchev–Trinajstić information content (AvgIpc) is 2.38. The second kappa shape index (κ2) is 7.34. The Balaban J connectivity index is 2.69. The summed E-state index contributed by atoms with van der Waals surface area (Å²) in [6.07, 6.45) is 0. The highest BCUT2D eigenvalue weighted by Gasteiger charge is 2.18. The predicted octanol–water partition coefficient (Wildman–Crippen LogP) is 3.52. The van der Waals surface area contributed by atoms with Crippen LogP contribution in [0.25, 0.3) is 0 Å². The summed E-state index contributed by atoms with van der Waals surface area (Å²) in [7, 11) is -1.36. The van der Waals surface area contributed by atoms with Gasteiger partial charge in [-0.05, 0) is 37.0 Å². The van der Waals surface area contributed by atoms with Crippen molar-refractivity contribution in [2.45, 2.75) is 45.6 Å². The first-order valence-electron chi connectivity index (χ1n) is 7.73. The first-order chi connectivity index (χ1) is 10.4. The molecule has 0 aliphatic rings. The molecular weight excluding hydrogens is 312 g/mol. The molecule has 0 unspecified atom stereocenters. The van der Waals surface area contributed by atoms with Crippen molar-refractivity contribution in [1.29, 1.82) is 0 Å². The molecule has 0 aliphatic heterocycles. The molecule has 0 saturated heterocycles. The topological polar surface area (TPSA) is 66.5 Å². The van der Waals surface area contributed by atoms with Gasteiger partial charge in [0, 0.05) is 19.3 Å². The normalized spacial score (nSPS) is 12.3. The zero-order valence-corrected chi connectivity index (χ0v) is 15.7. The van der Waals surface area contributed by atoms with E-state index < -0.39 is 15.1 Å². The fraction of sp³-hybridized carbons (Fsp3) is 0.588. The molecule has 2 amide bonds. The zero-order chi connectivity index (χ0) is 17.8. The maximum absolute atomic E-state index is 12.1. The van der Waals surface area contributed by atoms with Gasteiger partial charge in [-0.1, -0.05) is 32.9 Å². The molecule has 1 aromatic carbocycles. The lowest BCUT2D eigenvalue weighted by molar-refractivity contribution is 0.201. The average molecular weight is 340 g/mol. The Kier molecular flexibility index (Phi) is 6.22. The van der Waals surface area contributed by atoms with Crippen molar-refractivity contribution >= 4 is 21.6 Å². The highest BCUT2D eigenvalue weighted by atomic mass is 32.2. The van der Waals surface area contributed by atoms with Crippen molar-refractivity contribution in [2.24, 2.45) is 5.41 Å². The highest BCUT2D eigenvalue weighted by Crippen LogP contribution is 2.17. The molecule has 6 heteroatoms. The van der Waals surface area contributed by atoms with Crippen LogP contribution in [-0.2, 0) is 15.6 Å². The predicted molar refractivity (Wildman–Crippen MR) is 95.3 cm³/mol. The lowest BCUT2D eigenvalue weighted by Crippen LogP contribution is -2.37. The van der Waals surface area contributed by atoms with E-state index in [9.17, 15) is 13.2 Å². The summed E-state index contributed by atoms with van der Waals surface area (Å²) < 4.78 is 23.8. The third-order valence-corrected chi connectivity index (χ3v) is 5.52. The van der Waals surface area contributed by atoms with Crippen LogP contribution in [0, 0.1) is 5.41 Å². The largest absolute Gasteiger partial charge is 0.327 e. The Morgan fingerprint density at radius 2 is 1.70 bits per heavy atom. The first kappa shape index (κ1) is 19.5. The number of anilines is 1. The molecule has 0 atom stereocenters. The number of nitrogens with zero attached hydrogens (tertiary/aromatic N) is 1. The van der Waals surface area contributed by atoms with E-state index >= 15 is 0 Å². The number of rotatable bonds is 5. The van der Waals surface area contributed by atoms with Gasteiger partial charge in [0.2, 0.25) is 0 Å². The summed E-state index contributed by atoms with van der Waals surface area (Å²) in [5.74, 6) is 0.0167. The van der Waals surface area contributed by atoms with Gasteiger partial charge >= 0.3 is 6.03 Å². The van der Waals surface area contributed by atoms with E-state index in [0.717, 1.165) is 5.56 Å². The fourth-order valence-electron chi connectivity index (χ4n) is 2.09. The lowest BCUT2D eigenvalue weighted by atomic mass is 9.96. The zero-order valence-electron chi connectivity index (χ0n) is 14.9. The van der Waals surface area contributed by atoms with Gasteiger partial charge in [-0.15, -0.1) is 0 Å². The van der Waals surface area contributed by atoms with E-state index in [4.69, 9.17) is 0 Å². The standard InChI is InChI=1S/C17H28N2O3S/c1-13(2)23(21,22)11-14-7-9-15(10-8-14)18-16(20)19(6)12-17(3,4)5/h7-10,13H,11-12H2,1-6H3,(H,18,20). The summed E-state index contributed by atoms with van der Waals surface area (Å²) in [6.45, 7) is 10.2. The van der Waals surface area contributed by atoms with E-state index in [1.165, 1.54) is 0 Å². The molecule has 1 N–H and O–H groups in total. The maximum Gasteiger partial charge on any atom is 0.321 e. The van der Waals surface area contributed by atoms with E-state index in [-0.39, 0.29) is 17.2 Å². The molecular formula is C17H28N2O3S. The van der Waals surface area contributed by atoms with Crippen LogP contribution in [0.2, 0.25) is 0 Å². The molecule has 0 saturated carbocycles. The van der Waals surface area contributed by atoms with Gasteiger partial charge < -0.3 is 10.2 Å². The molecule has 0 heterocycles.